The number of thiophene rings is 1. The van der Waals surface area contributed by atoms with Crippen LogP contribution in [0.4, 0.5) is 10.1 Å². The van der Waals surface area contributed by atoms with Gasteiger partial charge in [-0.3, -0.25) is 4.79 Å². The Morgan fingerprint density at radius 1 is 1.39 bits per heavy atom. The summed E-state index contributed by atoms with van der Waals surface area (Å²) >= 11 is 1.64. The van der Waals surface area contributed by atoms with Gasteiger partial charge < -0.3 is 4.90 Å². The second-order valence-corrected chi connectivity index (χ2v) is 5.19. The minimum absolute atomic E-state index is 0.124. The van der Waals surface area contributed by atoms with Crippen molar-refractivity contribution in [3.63, 3.8) is 0 Å². The number of hydrogen-bond acceptors (Lipinski definition) is 3. The maximum absolute atomic E-state index is 13.9. The third kappa shape index (κ3) is 2.76. The smallest absolute Gasteiger partial charge is 0.159 e. The molecule has 0 aliphatic heterocycles. The average Bonchev–Trinajstić information content (AvgIpc) is 2.81. The number of anilines is 1. The van der Waals surface area contributed by atoms with Crippen LogP contribution in [0.2, 0.25) is 0 Å². The number of rotatable bonds is 4. The van der Waals surface area contributed by atoms with Crippen LogP contribution < -0.4 is 4.90 Å². The predicted octanol–water partition coefficient (Wildman–Crippen LogP) is 3.73. The summed E-state index contributed by atoms with van der Waals surface area (Å²) in [7, 11) is 1.84. The summed E-state index contributed by atoms with van der Waals surface area (Å²) in [6.07, 6.45) is 0. The van der Waals surface area contributed by atoms with Gasteiger partial charge in [0.2, 0.25) is 0 Å². The van der Waals surface area contributed by atoms with E-state index in [1.807, 2.05) is 29.5 Å². The molecule has 0 saturated heterocycles. The zero-order valence-electron chi connectivity index (χ0n) is 10.3. The average molecular weight is 263 g/mol. The van der Waals surface area contributed by atoms with E-state index in [1.165, 1.54) is 17.9 Å². The molecule has 0 N–H and O–H groups in total. The van der Waals surface area contributed by atoms with Gasteiger partial charge in [-0.1, -0.05) is 6.07 Å². The molecule has 0 atom stereocenters. The maximum Gasteiger partial charge on any atom is 0.159 e. The van der Waals surface area contributed by atoms with Gasteiger partial charge in [0.25, 0.3) is 0 Å². The van der Waals surface area contributed by atoms with Crippen molar-refractivity contribution in [2.24, 2.45) is 0 Å². The predicted molar refractivity (Wildman–Crippen MR) is 72.8 cm³/mol. The lowest BCUT2D eigenvalue weighted by atomic mass is 10.1. The van der Waals surface area contributed by atoms with Gasteiger partial charge >= 0.3 is 0 Å². The highest BCUT2D eigenvalue weighted by atomic mass is 32.1. The molecule has 0 amide bonds. The van der Waals surface area contributed by atoms with E-state index >= 15 is 0 Å². The molecular formula is C14H14FNOS. The summed E-state index contributed by atoms with van der Waals surface area (Å²) in [5.74, 6) is -0.483. The second kappa shape index (κ2) is 5.31. The standard InChI is InChI=1S/C14H14FNOS/c1-10(17)11-5-6-14(13(15)8-11)16(2)9-12-4-3-7-18-12/h3-8H,9H2,1-2H3. The molecule has 0 fully saturated rings. The number of ketones is 1. The third-order valence-electron chi connectivity index (χ3n) is 2.74. The topological polar surface area (TPSA) is 20.3 Å². The molecule has 0 saturated carbocycles. The highest BCUT2D eigenvalue weighted by molar-refractivity contribution is 7.09. The van der Waals surface area contributed by atoms with Crippen LogP contribution in [-0.4, -0.2) is 12.8 Å². The highest BCUT2D eigenvalue weighted by Gasteiger charge is 2.10. The molecule has 2 aromatic rings. The lowest BCUT2D eigenvalue weighted by Gasteiger charge is -2.19. The van der Waals surface area contributed by atoms with E-state index in [-0.39, 0.29) is 11.6 Å². The van der Waals surface area contributed by atoms with Crippen LogP contribution in [0.5, 0.6) is 0 Å². The number of carbonyl (C=O) groups is 1. The van der Waals surface area contributed by atoms with Gasteiger partial charge in [-0.25, -0.2) is 4.39 Å². The van der Waals surface area contributed by atoms with Gasteiger partial charge in [-0.2, -0.15) is 0 Å². The maximum atomic E-state index is 13.9. The fourth-order valence-electron chi connectivity index (χ4n) is 1.76. The van der Waals surface area contributed by atoms with Gasteiger partial charge in [0.1, 0.15) is 5.82 Å². The number of nitrogens with zero attached hydrogens (tertiary/aromatic N) is 1. The van der Waals surface area contributed by atoms with Crippen molar-refractivity contribution in [3.8, 4) is 0 Å². The number of hydrogen-bond donors (Lipinski definition) is 0. The Balaban J connectivity index is 2.20. The third-order valence-corrected chi connectivity index (χ3v) is 3.60. The minimum atomic E-state index is -0.359. The summed E-state index contributed by atoms with van der Waals surface area (Å²) in [6.45, 7) is 2.10. The van der Waals surface area contributed by atoms with Gasteiger partial charge in [-0.15, -0.1) is 11.3 Å². The molecule has 2 rings (SSSR count). The van der Waals surface area contributed by atoms with Gasteiger partial charge in [0.15, 0.2) is 5.78 Å². The largest absolute Gasteiger partial charge is 0.367 e. The van der Waals surface area contributed by atoms with E-state index in [4.69, 9.17) is 0 Å². The quantitative estimate of drug-likeness (QED) is 0.783. The first-order valence-electron chi connectivity index (χ1n) is 5.62. The molecule has 0 bridgehead atoms. The molecule has 0 aliphatic rings. The van der Waals surface area contributed by atoms with Crippen LogP contribution in [-0.2, 0) is 6.54 Å². The van der Waals surface area contributed by atoms with Gasteiger partial charge in [0, 0.05) is 17.5 Å². The fourth-order valence-corrected chi connectivity index (χ4v) is 2.51. The zero-order chi connectivity index (χ0) is 13.1. The number of benzene rings is 1. The number of carbonyl (C=O) groups excluding carboxylic acids is 1. The lowest BCUT2D eigenvalue weighted by molar-refractivity contribution is 0.101. The lowest BCUT2D eigenvalue weighted by Crippen LogP contribution is -2.17. The molecule has 1 aromatic carbocycles. The van der Waals surface area contributed by atoms with Crippen LogP contribution in [0.25, 0.3) is 0 Å². The van der Waals surface area contributed by atoms with E-state index in [0.29, 0.717) is 17.8 Å². The van der Waals surface area contributed by atoms with Crippen LogP contribution in [0.15, 0.2) is 35.7 Å². The first kappa shape index (κ1) is 12.8. The van der Waals surface area contributed by atoms with Crippen molar-refractivity contribution in [1.29, 1.82) is 0 Å². The normalized spacial score (nSPS) is 10.4. The van der Waals surface area contributed by atoms with Crippen molar-refractivity contribution in [2.45, 2.75) is 13.5 Å². The Labute approximate surface area is 110 Å². The molecule has 94 valence electrons. The van der Waals surface area contributed by atoms with E-state index in [1.54, 1.807) is 23.5 Å². The summed E-state index contributed by atoms with van der Waals surface area (Å²) in [5.41, 5.74) is 0.911. The summed E-state index contributed by atoms with van der Waals surface area (Å²) < 4.78 is 13.9. The van der Waals surface area contributed by atoms with E-state index < -0.39 is 0 Å². The van der Waals surface area contributed by atoms with E-state index in [2.05, 4.69) is 0 Å². The molecule has 4 heteroatoms. The molecule has 2 nitrogen and oxygen atoms in total. The molecule has 1 heterocycles. The van der Waals surface area contributed by atoms with Crippen molar-refractivity contribution in [3.05, 3.63) is 52.0 Å². The number of Topliss-reactive ketones (excluding diaryl/α,β-unsaturated/α-hetero) is 1. The monoisotopic (exact) mass is 263 g/mol. The summed E-state index contributed by atoms with van der Waals surface area (Å²) in [4.78, 5) is 14.2. The molecule has 0 aliphatic carbocycles. The minimum Gasteiger partial charge on any atom is -0.367 e. The first-order chi connectivity index (χ1) is 8.58. The summed E-state index contributed by atoms with van der Waals surface area (Å²) in [5, 5.41) is 2.00. The Bertz CT molecular complexity index is 551. The van der Waals surface area contributed by atoms with Gasteiger partial charge in [0.05, 0.1) is 12.2 Å². The molecule has 1 aromatic heterocycles. The van der Waals surface area contributed by atoms with E-state index in [9.17, 15) is 9.18 Å². The highest BCUT2D eigenvalue weighted by Crippen LogP contribution is 2.22. The first-order valence-corrected chi connectivity index (χ1v) is 6.50. The second-order valence-electron chi connectivity index (χ2n) is 4.16. The molecule has 0 radical (unpaired) electrons. The Morgan fingerprint density at radius 3 is 2.72 bits per heavy atom. The van der Waals surface area contributed by atoms with Crippen LogP contribution in [0.1, 0.15) is 22.2 Å². The van der Waals surface area contributed by atoms with Crippen LogP contribution in [0.3, 0.4) is 0 Å². The number of halogens is 1. The zero-order valence-corrected chi connectivity index (χ0v) is 11.1. The Hall–Kier alpha value is -1.68. The Kier molecular flexibility index (Phi) is 3.77. The van der Waals surface area contributed by atoms with Crippen molar-refractivity contribution < 1.29 is 9.18 Å². The molecule has 0 spiro atoms. The van der Waals surface area contributed by atoms with E-state index in [0.717, 1.165) is 0 Å². The van der Waals surface area contributed by atoms with Crippen molar-refractivity contribution in [1.82, 2.24) is 0 Å². The van der Waals surface area contributed by atoms with Crippen molar-refractivity contribution in [2.75, 3.05) is 11.9 Å². The molecule has 0 unspecified atom stereocenters. The molecular weight excluding hydrogens is 249 g/mol. The Morgan fingerprint density at radius 2 is 2.17 bits per heavy atom. The van der Waals surface area contributed by atoms with Crippen LogP contribution in [0, 0.1) is 5.82 Å². The molecule has 18 heavy (non-hydrogen) atoms. The SMILES string of the molecule is CC(=O)c1ccc(N(C)Cc2cccs2)c(F)c1. The van der Waals surface area contributed by atoms with Gasteiger partial charge in [-0.05, 0) is 36.6 Å². The fraction of sp³-hybridized carbons (Fsp3) is 0.214. The van der Waals surface area contributed by atoms with Crippen LogP contribution >= 0.6 is 11.3 Å². The summed E-state index contributed by atoms with van der Waals surface area (Å²) in [6, 6.07) is 8.60. The van der Waals surface area contributed by atoms with Crippen molar-refractivity contribution >= 4 is 22.8 Å².